The molecule has 6 nitrogen and oxygen atoms in total. The molecule has 0 saturated carbocycles. The van der Waals surface area contributed by atoms with Gasteiger partial charge in [0.2, 0.25) is 0 Å². The van der Waals surface area contributed by atoms with Crippen molar-refractivity contribution in [1.82, 2.24) is 19.3 Å². The third-order valence-electron chi connectivity index (χ3n) is 2.45. The summed E-state index contributed by atoms with van der Waals surface area (Å²) in [6, 6.07) is 1.75. The molecule has 0 fully saturated rings. The molecule has 0 unspecified atom stereocenters. The second-order valence-corrected chi connectivity index (χ2v) is 4.12. The fraction of sp³-hybridized carbons (Fsp3) is 0.300. The van der Waals surface area contributed by atoms with Crippen molar-refractivity contribution in [3.8, 4) is 0 Å². The number of hydrogen-bond acceptors (Lipinski definition) is 3. The van der Waals surface area contributed by atoms with Gasteiger partial charge in [0, 0.05) is 18.8 Å². The minimum Gasteiger partial charge on any atom is -0.297 e. The SMILES string of the molecule is Cc1c(Cl)[nH]c(=O)n(Cc2ccn(C)n2)c1=O. The average Bonchev–Trinajstić information content (AvgIpc) is 2.67. The van der Waals surface area contributed by atoms with Crippen LogP contribution in [0.4, 0.5) is 0 Å². The number of halogens is 1. The lowest BCUT2D eigenvalue weighted by Gasteiger charge is -2.04. The molecule has 7 heteroatoms. The Hall–Kier alpha value is -1.82. The summed E-state index contributed by atoms with van der Waals surface area (Å²) in [4.78, 5) is 25.9. The molecule has 2 heterocycles. The number of nitrogens with zero attached hydrogens (tertiary/aromatic N) is 3. The van der Waals surface area contributed by atoms with E-state index in [1.807, 2.05) is 0 Å². The maximum Gasteiger partial charge on any atom is 0.329 e. The van der Waals surface area contributed by atoms with E-state index in [1.54, 1.807) is 30.9 Å². The van der Waals surface area contributed by atoms with Gasteiger partial charge < -0.3 is 0 Å². The Labute approximate surface area is 101 Å². The van der Waals surface area contributed by atoms with E-state index in [0.29, 0.717) is 11.3 Å². The molecule has 0 spiro atoms. The molecule has 17 heavy (non-hydrogen) atoms. The third kappa shape index (κ3) is 2.16. The first-order chi connectivity index (χ1) is 7.99. The highest BCUT2D eigenvalue weighted by molar-refractivity contribution is 6.30. The van der Waals surface area contributed by atoms with Crippen molar-refractivity contribution >= 4 is 11.6 Å². The number of aromatic nitrogens is 4. The molecular weight excluding hydrogens is 244 g/mol. The number of hydrogen-bond donors (Lipinski definition) is 1. The van der Waals surface area contributed by atoms with Gasteiger partial charge in [-0.05, 0) is 13.0 Å². The van der Waals surface area contributed by atoms with Crippen LogP contribution < -0.4 is 11.2 Å². The van der Waals surface area contributed by atoms with Crippen LogP contribution in [0.25, 0.3) is 0 Å². The molecule has 0 aromatic carbocycles. The van der Waals surface area contributed by atoms with E-state index in [4.69, 9.17) is 11.6 Å². The molecule has 2 aromatic rings. The summed E-state index contributed by atoms with van der Waals surface area (Å²) in [5.74, 6) is 0. The standard InChI is InChI=1S/C10H11ClN4O2/c1-6-8(11)12-10(17)15(9(6)16)5-7-3-4-14(2)13-7/h3-4H,5H2,1-2H3,(H,12,17). The molecule has 1 N–H and O–H groups in total. The van der Waals surface area contributed by atoms with Crippen LogP contribution in [0.1, 0.15) is 11.3 Å². The van der Waals surface area contributed by atoms with Crippen LogP contribution in [-0.2, 0) is 13.6 Å². The fourth-order valence-corrected chi connectivity index (χ4v) is 1.66. The predicted molar refractivity (Wildman–Crippen MR) is 63.4 cm³/mol. The maximum atomic E-state index is 11.8. The molecule has 2 rings (SSSR count). The summed E-state index contributed by atoms with van der Waals surface area (Å²) >= 11 is 5.71. The summed E-state index contributed by atoms with van der Waals surface area (Å²) < 4.78 is 2.68. The topological polar surface area (TPSA) is 72.7 Å². The molecule has 2 aromatic heterocycles. The highest BCUT2D eigenvalue weighted by Gasteiger charge is 2.10. The zero-order chi connectivity index (χ0) is 12.6. The first-order valence-corrected chi connectivity index (χ1v) is 5.34. The zero-order valence-corrected chi connectivity index (χ0v) is 10.2. The van der Waals surface area contributed by atoms with Gasteiger partial charge in [0.1, 0.15) is 5.15 Å². The van der Waals surface area contributed by atoms with E-state index in [-0.39, 0.29) is 11.7 Å². The van der Waals surface area contributed by atoms with Crippen LogP contribution in [0.5, 0.6) is 0 Å². The van der Waals surface area contributed by atoms with Crippen molar-refractivity contribution < 1.29 is 0 Å². The minimum atomic E-state index is -0.531. The van der Waals surface area contributed by atoms with Gasteiger partial charge in [-0.25, -0.2) is 4.79 Å². The second-order valence-electron chi connectivity index (χ2n) is 3.74. The highest BCUT2D eigenvalue weighted by atomic mass is 35.5. The van der Waals surface area contributed by atoms with Gasteiger partial charge in [0.15, 0.2) is 0 Å². The molecule has 0 saturated heterocycles. The highest BCUT2D eigenvalue weighted by Crippen LogP contribution is 2.03. The average molecular weight is 255 g/mol. The Kier molecular flexibility index (Phi) is 2.89. The Morgan fingerprint density at radius 3 is 2.76 bits per heavy atom. The zero-order valence-electron chi connectivity index (χ0n) is 9.40. The molecule has 0 atom stereocenters. The van der Waals surface area contributed by atoms with Gasteiger partial charge in [0.25, 0.3) is 5.56 Å². The van der Waals surface area contributed by atoms with Crippen LogP contribution in [0.15, 0.2) is 21.9 Å². The minimum absolute atomic E-state index is 0.0808. The molecular formula is C10H11ClN4O2. The Bertz CT molecular complexity index is 668. The molecule has 0 aliphatic carbocycles. The number of aromatic amines is 1. The number of H-pyrrole nitrogens is 1. The van der Waals surface area contributed by atoms with Gasteiger partial charge in [-0.1, -0.05) is 11.6 Å². The van der Waals surface area contributed by atoms with E-state index < -0.39 is 11.2 Å². The second kappa shape index (κ2) is 4.21. The van der Waals surface area contributed by atoms with Gasteiger partial charge in [-0.3, -0.25) is 19.0 Å². The molecule has 0 aliphatic heterocycles. The molecule has 90 valence electrons. The summed E-state index contributed by atoms with van der Waals surface area (Å²) in [6.07, 6.45) is 1.75. The van der Waals surface area contributed by atoms with Gasteiger partial charge in [-0.2, -0.15) is 5.10 Å². The molecule has 0 aliphatic rings. The predicted octanol–water partition coefficient (Wildman–Crippen LogP) is 0.280. The Balaban J connectivity index is 2.50. The lowest BCUT2D eigenvalue weighted by Crippen LogP contribution is -2.37. The van der Waals surface area contributed by atoms with Crippen molar-refractivity contribution in [2.45, 2.75) is 13.5 Å². The van der Waals surface area contributed by atoms with Crippen molar-refractivity contribution in [2.24, 2.45) is 7.05 Å². The summed E-state index contributed by atoms with van der Waals surface area (Å²) in [5, 5.41) is 4.19. The normalized spacial score (nSPS) is 10.8. The van der Waals surface area contributed by atoms with Crippen LogP contribution in [0, 0.1) is 6.92 Å². The monoisotopic (exact) mass is 254 g/mol. The van der Waals surface area contributed by atoms with Crippen molar-refractivity contribution in [1.29, 1.82) is 0 Å². The van der Waals surface area contributed by atoms with Gasteiger partial charge in [-0.15, -0.1) is 0 Å². The van der Waals surface area contributed by atoms with Crippen LogP contribution in [0.3, 0.4) is 0 Å². The molecule has 0 bridgehead atoms. The van der Waals surface area contributed by atoms with E-state index in [1.165, 1.54) is 0 Å². The quantitative estimate of drug-likeness (QED) is 0.783. The number of nitrogens with one attached hydrogen (secondary N) is 1. The number of rotatable bonds is 2. The van der Waals surface area contributed by atoms with Crippen molar-refractivity contribution in [2.75, 3.05) is 0 Å². The molecule has 0 radical (unpaired) electrons. The van der Waals surface area contributed by atoms with Crippen LogP contribution >= 0.6 is 11.6 Å². The van der Waals surface area contributed by atoms with Crippen LogP contribution in [0.2, 0.25) is 5.15 Å². The Morgan fingerprint density at radius 1 is 1.47 bits per heavy atom. The largest absolute Gasteiger partial charge is 0.329 e. The molecule has 0 amide bonds. The first kappa shape index (κ1) is 11.7. The van der Waals surface area contributed by atoms with Crippen LogP contribution in [-0.4, -0.2) is 19.3 Å². The first-order valence-electron chi connectivity index (χ1n) is 4.97. The lowest BCUT2D eigenvalue weighted by atomic mass is 10.3. The maximum absolute atomic E-state index is 11.8. The number of aryl methyl sites for hydroxylation is 1. The lowest BCUT2D eigenvalue weighted by molar-refractivity contribution is 0.655. The Morgan fingerprint density at radius 2 is 2.18 bits per heavy atom. The van der Waals surface area contributed by atoms with Crippen molar-refractivity contribution in [3.05, 3.63) is 49.5 Å². The third-order valence-corrected chi connectivity index (χ3v) is 2.82. The van der Waals surface area contributed by atoms with E-state index >= 15 is 0 Å². The summed E-state index contributed by atoms with van der Waals surface area (Å²) in [6.45, 7) is 1.70. The van der Waals surface area contributed by atoms with Gasteiger partial charge in [0.05, 0.1) is 12.2 Å². The smallest absolute Gasteiger partial charge is 0.297 e. The van der Waals surface area contributed by atoms with E-state index in [9.17, 15) is 9.59 Å². The summed E-state index contributed by atoms with van der Waals surface area (Å²) in [5.41, 5.74) is 0.0321. The van der Waals surface area contributed by atoms with Crippen molar-refractivity contribution in [3.63, 3.8) is 0 Å². The van der Waals surface area contributed by atoms with Gasteiger partial charge >= 0.3 is 5.69 Å². The summed E-state index contributed by atoms with van der Waals surface area (Å²) in [7, 11) is 1.77. The fourth-order valence-electron chi connectivity index (χ4n) is 1.50. The van der Waals surface area contributed by atoms with E-state index in [0.717, 1.165) is 4.57 Å². The van der Waals surface area contributed by atoms with E-state index in [2.05, 4.69) is 10.1 Å².